The van der Waals surface area contributed by atoms with Gasteiger partial charge in [-0.3, -0.25) is 0 Å². The summed E-state index contributed by atoms with van der Waals surface area (Å²) < 4.78 is 12.2. The number of hydrogen-bond donors (Lipinski definition) is 1. The van der Waals surface area contributed by atoms with Crippen LogP contribution in [-0.4, -0.2) is 29.3 Å². The standard InChI is InChI=1S/C25H25N3O2/c1-2-6-18(7-3-1)10-13-23-27-25(30-28-23)22-12-11-19-8-4-5-9-21(19)24(22)29-20-14-16-26-17-15-20/h1-9,11-12,20,26H,10,13-17H2. The minimum absolute atomic E-state index is 0.191. The Labute approximate surface area is 176 Å². The molecule has 0 saturated carbocycles. The third kappa shape index (κ3) is 4.07. The zero-order chi connectivity index (χ0) is 20.2. The van der Waals surface area contributed by atoms with Crippen LogP contribution in [0.5, 0.6) is 5.75 Å². The molecule has 30 heavy (non-hydrogen) atoms. The van der Waals surface area contributed by atoms with Crippen molar-refractivity contribution in [1.29, 1.82) is 0 Å². The highest BCUT2D eigenvalue weighted by atomic mass is 16.5. The summed E-state index contributed by atoms with van der Waals surface area (Å²) in [6.45, 7) is 1.96. The van der Waals surface area contributed by atoms with Gasteiger partial charge in [0.2, 0.25) is 0 Å². The zero-order valence-corrected chi connectivity index (χ0v) is 16.9. The lowest BCUT2D eigenvalue weighted by molar-refractivity contribution is 0.165. The zero-order valence-electron chi connectivity index (χ0n) is 16.9. The van der Waals surface area contributed by atoms with Gasteiger partial charge in [-0.1, -0.05) is 65.8 Å². The second-order valence-corrected chi connectivity index (χ2v) is 7.73. The quantitative estimate of drug-likeness (QED) is 0.504. The molecule has 4 aromatic rings. The first-order valence-electron chi connectivity index (χ1n) is 10.6. The predicted molar refractivity (Wildman–Crippen MR) is 118 cm³/mol. The van der Waals surface area contributed by atoms with Crippen LogP contribution < -0.4 is 10.1 Å². The average molecular weight is 399 g/mol. The van der Waals surface area contributed by atoms with Gasteiger partial charge in [0.25, 0.3) is 5.89 Å². The van der Waals surface area contributed by atoms with Crippen molar-refractivity contribution in [1.82, 2.24) is 15.5 Å². The number of benzene rings is 3. The van der Waals surface area contributed by atoms with Gasteiger partial charge in [-0.15, -0.1) is 0 Å². The van der Waals surface area contributed by atoms with E-state index in [1.54, 1.807) is 0 Å². The number of rotatable bonds is 6. The Bertz CT molecular complexity index is 1120. The second kappa shape index (κ2) is 8.67. The number of nitrogens with one attached hydrogen (secondary N) is 1. The van der Waals surface area contributed by atoms with Crippen molar-refractivity contribution < 1.29 is 9.26 Å². The smallest absolute Gasteiger partial charge is 0.261 e. The molecule has 5 rings (SSSR count). The van der Waals surface area contributed by atoms with Gasteiger partial charge in [-0.05, 0) is 49.4 Å². The monoisotopic (exact) mass is 399 g/mol. The maximum Gasteiger partial charge on any atom is 0.261 e. The van der Waals surface area contributed by atoms with Crippen LogP contribution in [0.15, 0.2) is 71.3 Å². The molecular weight excluding hydrogens is 374 g/mol. The van der Waals surface area contributed by atoms with E-state index in [9.17, 15) is 0 Å². The third-order valence-electron chi connectivity index (χ3n) is 5.63. The fourth-order valence-electron chi connectivity index (χ4n) is 3.98. The van der Waals surface area contributed by atoms with E-state index in [1.165, 1.54) is 5.56 Å². The van der Waals surface area contributed by atoms with E-state index in [0.29, 0.717) is 5.89 Å². The molecule has 0 aliphatic carbocycles. The Hall–Kier alpha value is -3.18. The lowest BCUT2D eigenvalue weighted by Crippen LogP contribution is -2.34. The number of ether oxygens (including phenoxy) is 1. The maximum atomic E-state index is 6.52. The summed E-state index contributed by atoms with van der Waals surface area (Å²) in [4.78, 5) is 4.69. The Morgan fingerprint density at radius 2 is 1.70 bits per heavy atom. The molecule has 1 aromatic heterocycles. The first kappa shape index (κ1) is 18.8. The fraction of sp³-hybridized carbons (Fsp3) is 0.280. The van der Waals surface area contributed by atoms with Crippen LogP contribution in [0.4, 0.5) is 0 Å². The maximum absolute atomic E-state index is 6.52. The minimum Gasteiger partial charge on any atom is -0.489 e. The molecule has 5 heteroatoms. The highest BCUT2D eigenvalue weighted by Crippen LogP contribution is 2.37. The van der Waals surface area contributed by atoms with Crippen molar-refractivity contribution >= 4 is 10.8 Å². The van der Waals surface area contributed by atoms with Crippen LogP contribution in [-0.2, 0) is 12.8 Å². The summed E-state index contributed by atoms with van der Waals surface area (Å²) in [6, 6.07) is 22.8. The van der Waals surface area contributed by atoms with Crippen LogP contribution in [0, 0.1) is 0 Å². The van der Waals surface area contributed by atoms with Gasteiger partial charge in [-0.25, -0.2) is 0 Å². The first-order valence-corrected chi connectivity index (χ1v) is 10.6. The van der Waals surface area contributed by atoms with E-state index in [1.807, 2.05) is 24.3 Å². The van der Waals surface area contributed by atoms with Crippen molar-refractivity contribution in [2.24, 2.45) is 0 Å². The topological polar surface area (TPSA) is 60.2 Å². The molecule has 0 bridgehead atoms. The molecule has 0 unspecified atom stereocenters. The molecule has 152 valence electrons. The van der Waals surface area contributed by atoms with Crippen molar-refractivity contribution in [3.8, 4) is 17.2 Å². The molecule has 0 amide bonds. The SMILES string of the molecule is c1ccc(CCc2noc(-c3ccc4ccccc4c3OC3CCNCC3)n2)cc1. The van der Waals surface area contributed by atoms with E-state index < -0.39 is 0 Å². The molecule has 3 aromatic carbocycles. The van der Waals surface area contributed by atoms with Gasteiger partial charge in [0.1, 0.15) is 11.9 Å². The van der Waals surface area contributed by atoms with Gasteiger partial charge in [0.05, 0.1) is 5.56 Å². The van der Waals surface area contributed by atoms with Gasteiger partial charge < -0.3 is 14.6 Å². The Morgan fingerprint density at radius 3 is 2.57 bits per heavy atom. The van der Waals surface area contributed by atoms with Crippen LogP contribution in [0.25, 0.3) is 22.2 Å². The van der Waals surface area contributed by atoms with Crippen molar-refractivity contribution in [3.05, 3.63) is 78.1 Å². The van der Waals surface area contributed by atoms with Crippen molar-refractivity contribution in [2.45, 2.75) is 31.8 Å². The molecule has 2 heterocycles. The van der Waals surface area contributed by atoms with E-state index in [4.69, 9.17) is 9.26 Å². The van der Waals surface area contributed by atoms with Crippen LogP contribution in [0.2, 0.25) is 0 Å². The van der Waals surface area contributed by atoms with Crippen molar-refractivity contribution in [2.75, 3.05) is 13.1 Å². The Morgan fingerprint density at radius 1 is 0.900 bits per heavy atom. The first-order chi connectivity index (χ1) is 14.9. The second-order valence-electron chi connectivity index (χ2n) is 7.73. The fourth-order valence-corrected chi connectivity index (χ4v) is 3.98. The summed E-state index contributed by atoms with van der Waals surface area (Å²) in [6.07, 6.45) is 3.81. The lowest BCUT2D eigenvalue weighted by Gasteiger charge is -2.25. The summed E-state index contributed by atoms with van der Waals surface area (Å²) in [5, 5.41) is 9.85. The molecule has 1 N–H and O–H groups in total. The van der Waals surface area contributed by atoms with E-state index in [2.05, 4.69) is 57.9 Å². The van der Waals surface area contributed by atoms with E-state index >= 15 is 0 Å². The molecule has 0 spiro atoms. The molecule has 1 saturated heterocycles. The number of piperidine rings is 1. The van der Waals surface area contributed by atoms with Gasteiger partial charge in [0, 0.05) is 11.8 Å². The van der Waals surface area contributed by atoms with E-state index in [0.717, 1.165) is 66.7 Å². The number of nitrogens with zero attached hydrogens (tertiary/aromatic N) is 2. The Kier molecular flexibility index (Phi) is 5.44. The van der Waals surface area contributed by atoms with Crippen LogP contribution in [0.3, 0.4) is 0 Å². The minimum atomic E-state index is 0.191. The summed E-state index contributed by atoms with van der Waals surface area (Å²) in [7, 11) is 0. The normalized spacial score (nSPS) is 14.8. The molecule has 1 aliphatic heterocycles. The molecule has 0 radical (unpaired) electrons. The largest absolute Gasteiger partial charge is 0.489 e. The number of aryl methyl sites for hydroxylation is 2. The highest BCUT2D eigenvalue weighted by molar-refractivity contribution is 5.94. The summed E-state index contributed by atoms with van der Waals surface area (Å²) in [5.74, 6) is 2.08. The van der Waals surface area contributed by atoms with Gasteiger partial charge in [-0.2, -0.15) is 4.98 Å². The molecule has 5 nitrogen and oxygen atoms in total. The number of aromatic nitrogens is 2. The molecule has 1 aliphatic rings. The average Bonchev–Trinajstić information content (AvgIpc) is 3.28. The molecular formula is C25H25N3O2. The Balaban J connectivity index is 1.44. The summed E-state index contributed by atoms with van der Waals surface area (Å²) in [5.41, 5.74) is 2.13. The third-order valence-corrected chi connectivity index (χ3v) is 5.63. The summed E-state index contributed by atoms with van der Waals surface area (Å²) >= 11 is 0. The van der Waals surface area contributed by atoms with E-state index in [-0.39, 0.29) is 6.10 Å². The highest BCUT2D eigenvalue weighted by Gasteiger charge is 2.21. The lowest BCUT2D eigenvalue weighted by atomic mass is 10.0. The van der Waals surface area contributed by atoms with Crippen LogP contribution in [0.1, 0.15) is 24.2 Å². The van der Waals surface area contributed by atoms with Gasteiger partial charge >= 0.3 is 0 Å². The number of fused-ring (bicyclic) bond motifs is 1. The van der Waals surface area contributed by atoms with Crippen LogP contribution >= 0.6 is 0 Å². The predicted octanol–water partition coefficient (Wildman–Crippen LogP) is 4.81. The molecule has 0 atom stereocenters. The molecule has 1 fully saturated rings. The van der Waals surface area contributed by atoms with Gasteiger partial charge in [0.15, 0.2) is 5.82 Å². The number of hydrogen-bond acceptors (Lipinski definition) is 5. The van der Waals surface area contributed by atoms with Crippen molar-refractivity contribution in [3.63, 3.8) is 0 Å².